The third kappa shape index (κ3) is 4.42. The summed E-state index contributed by atoms with van der Waals surface area (Å²) in [5, 5.41) is 14.9. The Balaban J connectivity index is 1.05. The van der Waals surface area contributed by atoms with Gasteiger partial charge >= 0.3 is 0 Å². The van der Waals surface area contributed by atoms with E-state index in [9.17, 15) is 5.11 Å². The van der Waals surface area contributed by atoms with Crippen molar-refractivity contribution in [3.05, 3.63) is 53.5 Å². The van der Waals surface area contributed by atoms with E-state index in [4.69, 9.17) is 0 Å². The van der Waals surface area contributed by atoms with Gasteiger partial charge in [0.1, 0.15) is 12.1 Å². The first kappa shape index (κ1) is 21.5. The monoisotopic (exact) mass is 446 g/mol. The van der Waals surface area contributed by atoms with E-state index in [2.05, 4.69) is 50.5 Å². The summed E-state index contributed by atoms with van der Waals surface area (Å²) in [6.45, 7) is 3.68. The molecule has 2 N–H and O–H groups in total. The van der Waals surface area contributed by atoms with Crippen LogP contribution in [-0.2, 0) is 19.4 Å². The smallest absolute Gasteiger partial charge is 0.133 e. The number of aliphatic hydroxyl groups excluding tert-OH is 1. The lowest BCUT2D eigenvalue weighted by molar-refractivity contribution is -0.115. The van der Waals surface area contributed by atoms with E-state index >= 15 is 0 Å². The maximum Gasteiger partial charge on any atom is 0.133 e. The predicted octanol–water partition coefficient (Wildman–Crippen LogP) is 4.46. The van der Waals surface area contributed by atoms with Gasteiger partial charge in [0.05, 0.1) is 11.8 Å². The standard InChI is InChI=1S/C28H38N4O/c33-26(28-14-21-11-22(15-28)13-23(12-21)16-28)17-29-27-24-8-10-32(18-25(24)30-19-31-27)9-4-7-20-5-2-1-3-6-20/h1-3,5-6,19,21-23,26,33H,4,7-18H2,(H,29,30,31). The van der Waals surface area contributed by atoms with Crippen LogP contribution in [0.15, 0.2) is 36.7 Å². The summed E-state index contributed by atoms with van der Waals surface area (Å²) in [6, 6.07) is 10.8. The SMILES string of the molecule is OC(CNc1ncnc2c1CCN(CCCc1ccccc1)C2)C12CC3CC(CC(C3)C1)C2. The van der Waals surface area contributed by atoms with E-state index in [1.165, 1.54) is 56.1 Å². The average molecular weight is 447 g/mol. The van der Waals surface area contributed by atoms with Gasteiger partial charge in [-0.3, -0.25) is 4.90 Å². The fourth-order valence-corrected chi connectivity index (χ4v) is 7.90. The molecular formula is C28H38N4O. The van der Waals surface area contributed by atoms with Crippen molar-refractivity contribution in [1.82, 2.24) is 14.9 Å². The van der Waals surface area contributed by atoms with Crippen LogP contribution in [-0.4, -0.2) is 45.7 Å². The lowest BCUT2D eigenvalue weighted by Crippen LogP contribution is -2.53. The van der Waals surface area contributed by atoms with Crippen LogP contribution >= 0.6 is 0 Å². The maximum atomic E-state index is 11.3. The topological polar surface area (TPSA) is 61.3 Å². The Morgan fingerprint density at radius 1 is 1.03 bits per heavy atom. The van der Waals surface area contributed by atoms with Gasteiger partial charge in [-0.05, 0) is 93.1 Å². The van der Waals surface area contributed by atoms with Gasteiger partial charge in [-0.25, -0.2) is 9.97 Å². The number of fused-ring (bicyclic) bond motifs is 1. The van der Waals surface area contributed by atoms with Gasteiger partial charge in [0.2, 0.25) is 0 Å². The zero-order valence-corrected chi connectivity index (χ0v) is 19.8. The van der Waals surface area contributed by atoms with Crippen LogP contribution < -0.4 is 5.32 Å². The summed E-state index contributed by atoms with van der Waals surface area (Å²) < 4.78 is 0. The lowest BCUT2D eigenvalue weighted by Gasteiger charge is -2.58. The predicted molar refractivity (Wildman–Crippen MR) is 131 cm³/mol. The van der Waals surface area contributed by atoms with Crippen LogP contribution in [0.1, 0.15) is 61.8 Å². The Morgan fingerprint density at radius 2 is 1.76 bits per heavy atom. The molecule has 4 bridgehead atoms. The molecule has 176 valence electrons. The normalized spacial score (nSPS) is 31.4. The number of nitrogens with zero attached hydrogens (tertiary/aromatic N) is 3. The van der Waals surface area contributed by atoms with Crippen molar-refractivity contribution in [2.24, 2.45) is 23.2 Å². The van der Waals surface area contributed by atoms with Crippen LogP contribution in [0.3, 0.4) is 0 Å². The quantitative estimate of drug-likeness (QED) is 0.627. The Morgan fingerprint density at radius 3 is 2.48 bits per heavy atom. The van der Waals surface area contributed by atoms with Crippen LogP contribution in [0.25, 0.3) is 0 Å². The van der Waals surface area contributed by atoms with E-state index in [-0.39, 0.29) is 11.5 Å². The molecule has 5 heteroatoms. The van der Waals surface area contributed by atoms with Crippen LogP contribution in [0, 0.1) is 23.2 Å². The van der Waals surface area contributed by atoms with Crippen molar-refractivity contribution in [1.29, 1.82) is 0 Å². The summed E-state index contributed by atoms with van der Waals surface area (Å²) >= 11 is 0. The molecule has 4 aliphatic carbocycles. The fourth-order valence-electron chi connectivity index (χ4n) is 7.90. The molecule has 1 aliphatic heterocycles. The molecule has 2 heterocycles. The molecular weight excluding hydrogens is 408 g/mol. The number of hydrogen-bond acceptors (Lipinski definition) is 5. The number of nitrogens with one attached hydrogen (secondary N) is 1. The van der Waals surface area contributed by atoms with Gasteiger partial charge < -0.3 is 10.4 Å². The molecule has 0 radical (unpaired) electrons. The summed E-state index contributed by atoms with van der Waals surface area (Å²) in [7, 11) is 0. The Kier molecular flexibility index (Phi) is 5.87. The highest BCUT2D eigenvalue weighted by molar-refractivity contribution is 5.47. The minimum absolute atomic E-state index is 0.157. The summed E-state index contributed by atoms with van der Waals surface area (Å²) in [6.07, 6.45) is 12.7. The summed E-state index contributed by atoms with van der Waals surface area (Å²) in [5.41, 5.74) is 3.99. The van der Waals surface area contributed by atoms with Crippen molar-refractivity contribution >= 4 is 5.82 Å². The van der Waals surface area contributed by atoms with Gasteiger partial charge in [-0.15, -0.1) is 0 Å². The molecule has 1 aromatic carbocycles. The summed E-state index contributed by atoms with van der Waals surface area (Å²) in [5.74, 6) is 3.55. The molecule has 5 aliphatic rings. The van der Waals surface area contributed by atoms with E-state index < -0.39 is 0 Å². The Labute approximate surface area is 198 Å². The first-order valence-corrected chi connectivity index (χ1v) is 13.2. The molecule has 4 saturated carbocycles. The number of aliphatic hydroxyl groups is 1. The Bertz CT molecular complexity index is 926. The van der Waals surface area contributed by atoms with Crippen molar-refractivity contribution in [3.63, 3.8) is 0 Å². The van der Waals surface area contributed by atoms with Gasteiger partial charge in [0.15, 0.2) is 0 Å². The third-order valence-corrected chi connectivity index (χ3v) is 9.12. The van der Waals surface area contributed by atoms with Crippen LogP contribution in [0.5, 0.6) is 0 Å². The molecule has 0 amide bonds. The molecule has 4 fully saturated rings. The highest BCUT2D eigenvalue weighted by Gasteiger charge is 2.53. The first-order valence-electron chi connectivity index (χ1n) is 13.2. The third-order valence-electron chi connectivity index (χ3n) is 9.12. The van der Waals surface area contributed by atoms with Crippen molar-refractivity contribution in [2.75, 3.05) is 25.0 Å². The van der Waals surface area contributed by atoms with Gasteiger partial charge in [0, 0.05) is 25.2 Å². The molecule has 0 saturated heterocycles. The minimum Gasteiger partial charge on any atom is -0.391 e. The molecule has 7 rings (SSSR count). The number of aromatic nitrogens is 2. The molecule has 1 aromatic heterocycles. The van der Waals surface area contributed by atoms with Crippen molar-refractivity contribution < 1.29 is 5.11 Å². The fraction of sp³-hybridized carbons (Fsp3) is 0.643. The van der Waals surface area contributed by atoms with E-state index in [1.807, 2.05) is 0 Å². The van der Waals surface area contributed by atoms with E-state index in [0.29, 0.717) is 6.54 Å². The number of benzene rings is 1. The molecule has 2 aromatic rings. The number of hydrogen-bond donors (Lipinski definition) is 2. The lowest BCUT2D eigenvalue weighted by atomic mass is 9.48. The van der Waals surface area contributed by atoms with E-state index in [0.717, 1.165) is 61.7 Å². The number of rotatable bonds is 8. The second-order valence-corrected chi connectivity index (χ2v) is 11.4. The highest BCUT2D eigenvalue weighted by atomic mass is 16.3. The minimum atomic E-state index is -0.269. The van der Waals surface area contributed by atoms with E-state index in [1.54, 1.807) is 6.33 Å². The van der Waals surface area contributed by atoms with Crippen LogP contribution in [0.4, 0.5) is 5.82 Å². The molecule has 0 spiro atoms. The Hall–Kier alpha value is -1.98. The highest BCUT2D eigenvalue weighted by Crippen LogP contribution is 2.61. The molecule has 1 unspecified atom stereocenters. The second-order valence-electron chi connectivity index (χ2n) is 11.4. The molecule has 33 heavy (non-hydrogen) atoms. The largest absolute Gasteiger partial charge is 0.391 e. The van der Waals surface area contributed by atoms with Crippen molar-refractivity contribution in [3.8, 4) is 0 Å². The maximum absolute atomic E-state index is 11.3. The van der Waals surface area contributed by atoms with Gasteiger partial charge in [-0.2, -0.15) is 0 Å². The van der Waals surface area contributed by atoms with Gasteiger partial charge in [-0.1, -0.05) is 30.3 Å². The first-order chi connectivity index (χ1) is 16.2. The second kappa shape index (κ2) is 8.99. The zero-order chi connectivity index (χ0) is 22.3. The van der Waals surface area contributed by atoms with Crippen molar-refractivity contribution in [2.45, 2.75) is 70.4 Å². The average Bonchev–Trinajstić information content (AvgIpc) is 2.82. The molecule has 1 atom stereocenters. The zero-order valence-electron chi connectivity index (χ0n) is 19.8. The van der Waals surface area contributed by atoms with Crippen LogP contribution in [0.2, 0.25) is 0 Å². The number of anilines is 1. The summed E-state index contributed by atoms with van der Waals surface area (Å²) in [4.78, 5) is 11.7. The molecule has 5 nitrogen and oxygen atoms in total. The van der Waals surface area contributed by atoms with Gasteiger partial charge in [0.25, 0.3) is 0 Å². The number of aryl methyl sites for hydroxylation is 1.